The van der Waals surface area contributed by atoms with E-state index in [-0.39, 0.29) is 0 Å². The third-order valence-electron chi connectivity index (χ3n) is 3.45. The second kappa shape index (κ2) is 5.47. The molecule has 1 saturated heterocycles. The Hall–Kier alpha value is -1.13. The number of carbonyl (C=O) groups excluding carboxylic acids is 1. The number of hydrogen-bond donors (Lipinski definition) is 0. The van der Waals surface area contributed by atoms with E-state index < -0.39 is 0 Å². The molecule has 17 heavy (non-hydrogen) atoms. The van der Waals surface area contributed by atoms with Crippen LogP contribution in [0.4, 0.5) is 0 Å². The first-order valence-electron chi connectivity index (χ1n) is 6.02. The van der Waals surface area contributed by atoms with Gasteiger partial charge in [0.25, 0.3) is 0 Å². The number of nitrogens with zero attached hydrogens (tertiary/aromatic N) is 1. The Morgan fingerprint density at radius 2 is 2.41 bits per heavy atom. The average molecular weight is 237 g/mol. The van der Waals surface area contributed by atoms with Crippen molar-refractivity contribution in [3.8, 4) is 0 Å². The van der Waals surface area contributed by atoms with Gasteiger partial charge in [-0.25, -0.2) is 0 Å². The SMILES string of the molecule is COC1CN(Cc2ccc(C=O)o2)CCC1C. The van der Waals surface area contributed by atoms with Crippen LogP contribution in [0.1, 0.15) is 29.7 Å². The van der Waals surface area contributed by atoms with Crippen molar-refractivity contribution in [1.29, 1.82) is 0 Å². The van der Waals surface area contributed by atoms with Crippen molar-refractivity contribution in [2.24, 2.45) is 5.92 Å². The monoisotopic (exact) mass is 237 g/mol. The highest BCUT2D eigenvalue weighted by molar-refractivity contribution is 5.70. The van der Waals surface area contributed by atoms with Crippen LogP contribution in [0, 0.1) is 5.92 Å². The molecule has 1 aliphatic rings. The van der Waals surface area contributed by atoms with Gasteiger partial charge in [0.05, 0.1) is 12.6 Å². The second-order valence-corrected chi connectivity index (χ2v) is 4.70. The molecule has 4 heteroatoms. The minimum Gasteiger partial charge on any atom is -0.457 e. The van der Waals surface area contributed by atoms with Crippen molar-refractivity contribution in [1.82, 2.24) is 4.90 Å². The molecule has 1 aliphatic heterocycles. The van der Waals surface area contributed by atoms with Gasteiger partial charge < -0.3 is 9.15 Å². The summed E-state index contributed by atoms with van der Waals surface area (Å²) in [5, 5.41) is 0. The molecule has 0 bridgehead atoms. The molecule has 2 heterocycles. The summed E-state index contributed by atoms with van der Waals surface area (Å²) >= 11 is 0. The maximum Gasteiger partial charge on any atom is 0.185 e. The van der Waals surface area contributed by atoms with Crippen LogP contribution in [0.2, 0.25) is 0 Å². The zero-order valence-electron chi connectivity index (χ0n) is 10.4. The molecule has 1 aromatic heterocycles. The lowest BCUT2D eigenvalue weighted by Gasteiger charge is -2.35. The van der Waals surface area contributed by atoms with Gasteiger partial charge in [-0.05, 0) is 31.0 Å². The van der Waals surface area contributed by atoms with Crippen LogP contribution >= 0.6 is 0 Å². The molecular weight excluding hydrogens is 218 g/mol. The number of hydrogen-bond acceptors (Lipinski definition) is 4. The summed E-state index contributed by atoms with van der Waals surface area (Å²) in [7, 11) is 1.77. The first kappa shape index (κ1) is 12.3. The van der Waals surface area contributed by atoms with E-state index in [1.54, 1.807) is 13.2 Å². The molecule has 0 radical (unpaired) electrons. The topological polar surface area (TPSA) is 42.7 Å². The van der Waals surface area contributed by atoms with E-state index in [1.165, 1.54) is 0 Å². The summed E-state index contributed by atoms with van der Waals surface area (Å²) in [6.45, 7) is 4.95. The summed E-state index contributed by atoms with van der Waals surface area (Å²) in [6, 6.07) is 3.58. The Labute approximate surface area is 102 Å². The van der Waals surface area contributed by atoms with Gasteiger partial charge in [-0.3, -0.25) is 9.69 Å². The maximum atomic E-state index is 10.5. The molecule has 4 nitrogen and oxygen atoms in total. The number of rotatable bonds is 4. The largest absolute Gasteiger partial charge is 0.457 e. The first-order chi connectivity index (χ1) is 8.22. The molecule has 2 unspecified atom stereocenters. The van der Waals surface area contributed by atoms with Crippen molar-refractivity contribution in [3.05, 3.63) is 23.7 Å². The van der Waals surface area contributed by atoms with Gasteiger partial charge in [0.1, 0.15) is 5.76 Å². The Morgan fingerprint density at radius 1 is 1.59 bits per heavy atom. The van der Waals surface area contributed by atoms with Gasteiger partial charge in [-0.2, -0.15) is 0 Å². The Kier molecular flexibility index (Phi) is 3.97. The molecule has 2 atom stereocenters. The molecule has 0 saturated carbocycles. The van der Waals surface area contributed by atoms with Crippen molar-refractivity contribution in [2.75, 3.05) is 20.2 Å². The number of carbonyl (C=O) groups is 1. The smallest absolute Gasteiger partial charge is 0.185 e. The lowest BCUT2D eigenvalue weighted by atomic mass is 9.96. The van der Waals surface area contributed by atoms with E-state index in [2.05, 4.69) is 11.8 Å². The molecule has 1 aromatic rings. The van der Waals surface area contributed by atoms with Crippen LogP contribution in [-0.2, 0) is 11.3 Å². The van der Waals surface area contributed by atoms with Gasteiger partial charge >= 0.3 is 0 Å². The lowest BCUT2D eigenvalue weighted by Crippen LogP contribution is -2.43. The van der Waals surface area contributed by atoms with Gasteiger partial charge in [0.15, 0.2) is 12.0 Å². The third-order valence-corrected chi connectivity index (χ3v) is 3.45. The van der Waals surface area contributed by atoms with E-state index in [1.807, 2.05) is 6.07 Å². The zero-order chi connectivity index (χ0) is 12.3. The van der Waals surface area contributed by atoms with Gasteiger partial charge in [0.2, 0.25) is 0 Å². The average Bonchev–Trinajstić information content (AvgIpc) is 2.79. The van der Waals surface area contributed by atoms with Crippen LogP contribution in [0.3, 0.4) is 0 Å². The molecule has 1 fully saturated rings. The number of aldehydes is 1. The summed E-state index contributed by atoms with van der Waals surface area (Å²) in [6.07, 6.45) is 2.17. The molecule has 94 valence electrons. The van der Waals surface area contributed by atoms with Crippen molar-refractivity contribution < 1.29 is 13.9 Å². The molecule has 0 spiro atoms. The van der Waals surface area contributed by atoms with E-state index >= 15 is 0 Å². The predicted molar refractivity (Wildman–Crippen MR) is 64.0 cm³/mol. The minimum absolute atomic E-state index is 0.296. The van der Waals surface area contributed by atoms with Crippen molar-refractivity contribution >= 4 is 6.29 Å². The summed E-state index contributed by atoms with van der Waals surface area (Å²) in [5.74, 6) is 1.85. The minimum atomic E-state index is 0.296. The molecule has 0 amide bonds. The standard InChI is InChI=1S/C13H19NO3/c1-10-5-6-14(8-13(10)16-2)7-11-3-4-12(9-15)17-11/h3-4,9-10,13H,5-8H2,1-2H3. The fourth-order valence-corrected chi connectivity index (χ4v) is 2.31. The fourth-order valence-electron chi connectivity index (χ4n) is 2.31. The van der Waals surface area contributed by atoms with Crippen LogP contribution in [0.15, 0.2) is 16.5 Å². The molecular formula is C13H19NO3. The number of methoxy groups -OCH3 is 1. The van der Waals surface area contributed by atoms with Gasteiger partial charge in [-0.15, -0.1) is 0 Å². The fraction of sp³-hybridized carbons (Fsp3) is 0.615. The third kappa shape index (κ3) is 2.96. The number of furan rings is 1. The van der Waals surface area contributed by atoms with Crippen LogP contribution in [0.5, 0.6) is 0 Å². The van der Waals surface area contributed by atoms with E-state index in [9.17, 15) is 4.79 Å². The van der Waals surface area contributed by atoms with Crippen LogP contribution < -0.4 is 0 Å². The summed E-state index contributed by atoms with van der Waals surface area (Å²) in [5.41, 5.74) is 0. The van der Waals surface area contributed by atoms with Crippen molar-refractivity contribution in [3.63, 3.8) is 0 Å². The van der Waals surface area contributed by atoms with E-state index in [0.29, 0.717) is 17.8 Å². The molecule has 2 rings (SSSR count). The Balaban J connectivity index is 1.93. The van der Waals surface area contributed by atoms with E-state index in [4.69, 9.17) is 9.15 Å². The summed E-state index contributed by atoms with van der Waals surface area (Å²) in [4.78, 5) is 12.8. The Morgan fingerprint density at radius 3 is 3.06 bits per heavy atom. The lowest BCUT2D eigenvalue weighted by molar-refractivity contribution is -0.00921. The van der Waals surface area contributed by atoms with Gasteiger partial charge in [0, 0.05) is 13.7 Å². The van der Waals surface area contributed by atoms with Crippen LogP contribution in [-0.4, -0.2) is 37.5 Å². The highest BCUT2D eigenvalue weighted by Crippen LogP contribution is 2.21. The normalized spacial score (nSPS) is 26.0. The zero-order valence-corrected chi connectivity index (χ0v) is 10.4. The van der Waals surface area contributed by atoms with Crippen molar-refractivity contribution in [2.45, 2.75) is 26.0 Å². The number of piperidine rings is 1. The highest BCUT2D eigenvalue weighted by Gasteiger charge is 2.26. The first-order valence-corrected chi connectivity index (χ1v) is 6.02. The quantitative estimate of drug-likeness (QED) is 0.751. The molecule has 0 aliphatic carbocycles. The molecule has 0 aromatic carbocycles. The predicted octanol–water partition coefficient (Wildman–Crippen LogP) is 1.95. The Bertz CT molecular complexity index is 374. The molecule has 0 N–H and O–H groups in total. The van der Waals surface area contributed by atoms with Gasteiger partial charge in [-0.1, -0.05) is 6.92 Å². The van der Waals surface area contributed by atoms with E-state index in [0.717, 1.165) is 38.1 Å². The number of likely N-dealkylation sites (tertiary alicyclic amines) is 1. The van der Waals surface area contributed by atoms with Crippen LogP contribution in [0.25, 0.3) is 0 Å². The number of ether oxygens (including phenoxy) is 1. The highest BCUT2D eigenvalue weighted by atomic mass is 16.5. The second-order valence-electron chi connectivity index (χ2n) is 4.70. The maximum absolute atomic E-state index is 10.5. The summed E-state index contributed by atoms with van der Waals surface area (Å²) < 4.78 is 10.8.